The Labute approximate surface area is 65.1 Å². The Morgan fingerprint density at radius 2 is 1.45 bits per heavy atom. The first-order valence-corrected chi connectivity index (χ1v) is 3.69. The van der Waals surface area contributed by atoms with Gasteiger partial charge in [0.2, 0.25) is 0 Å². The van der Waals surface area contributed by atoms with Crippen molar-refractivity contribution in [3.05, 3.63) is 0 Å². The summed E-state index contributed by atoms with van der Waals surface area (Å²) >= 11 is 0. The fourth-order valence-corrected chi connectivity index (χ4v) is 1.48. The van der Waals surface area contributed by atoms with Crippen molar-refractivity contribution < 1.29 is 20.4 Å². The molecular weight excluding hydrogens is 148 g/mol. The van der Waals surface area contributed by atoms with E-state index in [0.717, 1.165) is 0 Å². The van der Waals surface area contributed by atoms with E-state index in [-0.39, 0.29) is 12.8 Å². The molecule has 0 spiro atoms. The summed E-state index contributed by atoms with van der Waals surface area (Å²) in [6, 6.07) is 0. The van der Waals surface area contributed by atoms with Gasteiger partial charge in [0.25, 0.3) is 0 Å². The van der Waals surface area contributed by atoms with Gasteiger partial charge in [0, 0.05) is 12.8 Å². The maximum absolute atomic E-state index is 9.40. The second kappa shape index (κ2) is 2.71. The first-order chi connectivity index (χ1) is 4.92. The predicted octanol–water partition coefficient (Wildman–Crippen LogP) is -1.39. The fraction of sp³-hybridized carbons (Fsp3) is 1.00. The largest absolute Gasteiger partial charge is 0.390 e. The molecule has 0 aromatic carbocycles. The molecule has 0 aromatic heterocycles. The van der Waals surface area contributed by atoms with Crippen molar-refractivity contribution in [3.8, 4) is 0 Å². The van der Waals surface area contributed by atoms with Crippen molar-refractivity contribution in [3.63, 3.8) is 0 Å². The average molecular weight is 162 g/mol. The van der Waals surface area contributed by atoms with Gasteiger partial charge in [0.1, 0.15) is 6.10 Å². The Bertz CT molecular complexity index is 131. The van der Waals surface area contributed by atoms with Gasteiger partial charge in [0.15, 0.2) is 0 Å². The summed E-state index contributed by atoms with van der Waals surface area (Å²) in [5.74, 6) is 0. The highest BCUT2D eigenvalue weighted by atomic mass is 16.4. The quantitative estimate of drug-likeness (QED) is 0.353. The number of aliphatic hydroxyl groups is 4. The van der Waals surface area contributed by atoms with Crippen LogP contribution in [0.1, 0.15) is 19.8 Å². The van der Waals surface area contributed by atoms with Crippen molar-refractivity contribution in [2.24, 2.45) is 0 Å². The molecule has 0 saturated heterocycles. The molecule has 4 nitrogen and oxygen atoms in total. The van der Waals surface area contributed by atoms with E-state index in [9.17, 15) is 5.11 Å². The first kappa shape index (κ1) is 8.93. The third kappa shape index (κ3) is 1.90. The third-order valence-corrected chi connectivity index (χ3v) is 2.09. The zero-order valence-corrected chi connectivity index (χ0v) is 6.44. The Balaban J connectivity index is 2.62. The lowest BCUT2D eigenvalue weighted by Gasteiger charge is -2.37. The van der Waals surface area contributed by atoms with Crippen LogP contribution in [0.15, 0.2) is 0 Å². The van der Waals surface area contributed by atoms with Crippen LogP contribution in [0.5, 0.6) is 0 Å². The summed E-state index contributed by atoms with van der Waals surface area (Å²) in [7, 11) is 0. The molecule has 0 aliphatic heterocycles. The van der Waals surface area contributed by atoms with E-state index in [2.05, 4.69) is 0 Å². The second-order valence-corrected chi connectivity index (χ2v) is 3.53. The molecule has 4 heteroatoms. The Morgan fingerprint density at radius 3 is 1.82 bits per heavy atom. The molecule has 2 atom stereocenters. The summed E-state index contributed by atoms with van der Waals surface area (Å²) in [5.41, 5.74) is -1.06. The van der Waals surface area contributed by atoms with Crippen molar-refractivity contribution in [2.75, 3.05) is 0 Å². The van der Waals surface area contributed by atoms with Crippen LogP contribution >= 0.6 is 0 Å². The molecule has 0 bridgehead atoms. The van der Waals surface area contributed by atoms with Crippen LogP contribution in [0.4, 0.5) is 0 Å². The van der Waals surface area contributed by atoms with E-state index < -0.39 is 23.9 Å². The molecule has 1 aliphatic rings. The summed E-state index contributed by atoms with van der Waals surface area (Å²) < 4.78 is 0. The van der Waals surface area contributed by atoms with Gasteiger partial charge in [-0.1, -0.05) is 0 Å². The predicted molar refractivity (Wildman–Crippen MR) is 37.9 cm³/mol. The van der Waals surface area contributed by atoms with Crippen molar-refractivity contribution in [1.29, 1.82) is 0 Å². The molecule has 11 heavy (non-hydrogen) atoms. The third-order valence-electron chi connectivity index (χ3n) is 2.09. The van der Waals surface area contributed by atoms with Gasteiger partial charge in [-0.15, -0.1) is 0 Å². The van der Waals surface area contributed by atoms with E-state index >= 15 is 0 Å². The normalized spacial score (nSPS) is 52.6. The summed E-state index contributed by atoms with van der Waals surface area (Å²) in [6.45, 7) is 1.53. The van der Waals surface area contributed by atoms with Crippen LogP contribution in [0.3, 0.4) is 0 Å². The van der Waals surface area contributed by atoms with E-state index in [1.54, 1.807) is 0 Å². The van der Waals surface area contributed by atoms with Crippen LogP contribution in [-0.2, 0) is 0 Å². The van der Waals surface area contributed by atoms with E-state index in [0.29, 0.717) is 0 Å². The van der Waals surface area contributed by atoms with Gasteiger partial charge < -0.3 is 20.4 Å². The lowest BCUT2D eigenvalue weighted by Crippen LogP contribution is -2.51. The standard InChI is InChI=1S/C7H14O4/c1-7(11)2-4(8)6(10)5(9)3-7/h4-6,8-11H,2-3H2,1H3/t4-,5-,6?,7?/m1/s1. The zero-order valence-electron chi connectivity index (χ0n) is 6.44. The minimum atomic E-state index is -1.12. The lowest BCUT2D eigenvalue weighted by atomic mass is 9.81. The average Bonchev–Trinajstić information content (AvgIpc) is 1.81. The second-order valence-electron chi connectivity index (χ2n) is 3.53. The first-order valence-electron chi connectivity index (χ1n) is 3.69. The highest BCUT2D eigenvalue weighted by Gasteiger charge is 2.40. The fourth-order valence-electron chi connectivity index (χ4n) is 1.48. The molecular formula is C7H14O4. The lowest BCUT2D eigenvalue weighted by molar-refractivity contribution is -0.147. The Morgan fingerprint density at radius 1 is 1.09 bits per heavy atom. The van der Waals surface area contributed by atoms with E-state index in [1.165, 1.54) is 6.92 Å². The maximum Gasteiger partial charge on any atom is 0.106 e. The number of rotatable bonds is 0. The highest BCUT2D eigenvalue weighted by Crippen LogP contribution is 2.28. The molecule has 1 saturated carbocycles. The van der Waals surface area contributed by atoms with Crippen LogP contribution < -0.4 is 0 Å². The van der Waals surface area contributed by atoms with Crippen molar-refractivity contribution in [2.45, 2.75) is 43.7 Å². The monoisotopic (exact) mass is 162 g/mol. The maximum atomic E-state index is 9.40. The molecule has 0 radical (unpaired) electrons. The van der Waals surface area contributed by atoms with Crippen LogP contribution in [0.2, 0.25) is 0 Å². The molecule has 1 fully saturated rings. The molecule has 0 unspecified atom stereocenters. The molecule has 0 amide bonds. The molecule has 1 aliphatic carbocycles. The summed E-state index contributed by atoms with van der Waals surface area (Å²) in [4.78, 5) is 0. The van der Waals surface area contributed by atoms with Crippen LogP contribution in [0, 0.1) is 0 Å². The van der Waals surface area contributed by atoms with Gasteiger partial charge in [-0.25, -0.2) is 0 Å². The van der Waals surface area contributed by atoms with Gasteiger partial charge in [-0.3, -0.25) is 0 Å². The Hall–Kier alpha value is -0.160. The SMILES string of the molecule is CC1(O)C[C@@H](O)C(O)[C@H](O)C1. The number of hydrogen-bond donors (Lipinski definition) is 4. The van der Waals surface area contributed by atoms with Gasteiger partial charge in [0.05, 0.1) is 17.8 Å². The molecule has 66 valence electrons. The highest BCUT2D eigenvalue weighted by molar-refractivity contribution is 4.92. The van der Waals surface area contributed by atoms with Crippen molar-refractivity contribution in [1.82, 2.24) is 0 Å². The van der Waals surface area contributed by atoms with Crippen LogP contribution in [0.25, 0.3) is 0 Å². The van der Waals surface area contributed by atoms with Crippen molar-refractivity contribution >= 4 is 0 Å². The van der Waals surface area contributed by atoms with Gasteiger partial charge in [-0.2, -0.15) is 0 Å². The smallest absolute Gasteiger partial charge is 0.106 e. The summed E-state index contributed by atoms with van der Waals surface area (Å²) in [5, 5.41) is 36.7. The molecule has 4 N–H and O–H groups in total. The van der Waals surface area contributed by atoms with E-state index in [1.807, 2.05) is 0 Å². The van der Waals surface area contributed by atoms with Gasteiger partial charge in [-0.05, 0) is 6.92 Å². The topological polar surface area (TPSA) is 80.9 Å². The van der Waals surface area contributed by atoms with E-state index in [4.69, 9.17) is 15.3 Å². The van der Waals surface area contributed by atoms with Gasteiger partial charge >= 0.3 is 0 Å². The number of aliphatic hydroxyl groups excluding tert-OH is 3. The molecule has 0 heterocycles. The molecule has 1 rings (SSSR count). The minimum absolute atomic E-state index is 0.116. The Kier molecular flexibility index (Phi) is 2.20. The molecule has 0 aromatic rings. The summed E-state index contributed by atoms with van der Waals surface area (Å²) in [6.07, 6.45) is -2.92. The van der Waals surface area contributed by atoms with Crippen LogP contribution in [-0.4, -0.2) is 44.3 Å². The number of hydrogen-bond acceptors (Lipinski definition) is 4. The zero-order chi connectivity index (χ0) is 8.65. The minimum Gasteiger partial charge on any atom is -0.390 e.